The number of carbonyl (C=O) groups is 1. The van der Waals surface area contributed by atoms with E-state index in [0.717, 1.165) is 0 Å². The Kier molecular flexibility index (Phi) is 6.86. The number of anilines is 3. The number of fused-ring (bicyclic) bond motifs is 1. The maximum Gasteiger partial charge on any atom is 0.248 e. The number of hydrogen-bond donors (Lipinski definition) is 3. The summed E-state index contributed by atoms with van der Waals surface area (Å²) in [6.45, 7) is 0. The molecule has 2 aromatic heterocycles. The Balaban J connectivity index is 1.48. The van der Waals surface area contributed by atoms with Crippen LogP contribution in [-0.2, 0) is 4.79 Å². The molecular weight excluding hydrogens is 514 g/mol. The molecule has 2 aliphatic rings. The summed E-state index contributed by atoms with van der Waals surface area (Å²) < 4.78 is 57.6. The first-order chi connectivity index (χ1) is 17.6. The number of nitrogens with one attached hydrogen (secondary N) is 2. The van der Waals surface area contributed by atoms with Crippen LogP contribution in [0.25, 0.3) is 11.2 Å². The summed E-state index contributed by atoms with van der Waals surface area (Å²) >= 11 is 5.69. The van der Waals surface area contributed by atoms with E-state index in [1.165, 1.54) is 18.3 Å². The quantitative estimate of drug-likeness (QED) is 0.273. The number of hydrogen-bond acceptors (Lipinski definition) is 6. The van der Waals surface area contributed by atoms with Crippen LogP contribution >= 0.6 is 11.6 Å². The molecule has 8 nitrogen and oxygen atoms in total. The van der Waals surface area contributed by atoms with E-state index in [4.69, 9.17) is 17.3 Å². The molecule has 3 aromatic rings. The van der Waals surface area contributed by atoms with Gasteiger partial charge in [0.15, 0.2) is 17.3 Å². The predicted octanol–water partition coefficient (Wildman–Crippen LogP) is 5.71. The summed E-state index contributed by atoms with van der Waals surface area (Å²) in [6.07, 6.45) is 3.99. The standard InChI is InChI=1S/C24H26ClF4N7O/c25-15-5-6-16(19(27)18(15)26)33-23-34-17-11-31-22(32-13-7-9-24(28,29)10-8-13)35-21(17)36(23)14-3-1-12(2-4-14)20(30)37/h5-6,11-14H,1-4,7-10H2,(H2,30,37)(H,33,34)(H,31,32,35)/t12-,14-. The van der Waals surface area contributed by atoms with Crippen LogP contribution in [0.4, 0.5) is 35.1 Å². The van der Waals surface area contributed by atoms with Crippen molar-refractivity contribution in [2.45, 2.75) is 69.4 Å². The van der Waals surface area contributed by atoms with Gasteiger partial charge in [-0.1, -0.05) is 11.6 Å². The maximum atomic E-state index is 14.6. The third-order valence-corrected chi connectivity index (χ3v) is 7.52. The Morgan fingerprint density at radius 2 is 1.76 bits per heavy atom. The van der Waals surface area contributed by atoms with Gasteiger partial charge in [0.25, 0.3) is 0 Å². The number of halogens is 5. The molecule has 5 rings (SSSR count). The third-order valence-electron chi connectivity index (χ3n) is 7.23. The first-order valence-electron chi connectivity index (χ1n) is 12.2. The highest BCUT2D eigenvalue weighted by Gasteiger charge is 2.35. The zero-order valence-electron chi connectivity index (χ0n) is 19.8. The number of primary amides is 1. The van der Waals surface area contributed by atoms with Crippen molar-refractivity contribution in [2.24, 2.45) is 11.7 Å². The molecule has 37 heavy (non-hydrogen) atoms. The number of amides is 1. The molecule has 2 aliphatic carbocycles. The third kappa shape index (κ3) is 5.29. The molecule has 13 heteroatoms. The largest absolute Gasteiger partial charge is 0.369 e. The molecule has 1 amide bonds. The van der Waals surface area contributed by atoms with Gasteiger partial charge in [0, 0.05) is 30.8 Å². The smallest absolute Gasteiger partial charge is 0.248 e. The topological polar surface area (TPSA) is 111 Å². The summed E-state index contributed by atoms with van der Waals surface area (Å²) in [5.41, 5.74) is 6.19. The molecular formula is C24H26ClF4N7O. The van der Waals surface area contributed by atoms with Crippen LogP contribution < -0.4 is 16.4 Å². The van der Waals surface area contributed by atoms with Crippen molar-refractivity contribution in [3.05, 3.63) is 35.0 Å². The SMILES string of the molecule is NC(=O)[C@H]1CC[C@H](n2c(Nc3ccc(Cl)c(F)c3F)nc3cnc(NC4CCC(F)(F)CC4)nc32)CC1. The van der Waals surface area contributed by atoms with Gasteiger partial charge in [-0.25, -0.2) is 27.5 Å². The zero-order chi connectivity index (χ0) is 26.3. The van der Waals surface area contributed by atoms with Crippen LogP contribution in [0.3, 0.4) is 0 Å². The van der Waals surface area contributed by atoms with Gasteiger partial charge >= 0.3 is 0 Å². The van der Waals surface area contributed by atoms with E-state index in [1.54, 1.807) is 4.57 Å². The van der Waals surface area contributed by atoms with Crippen molar-refractivity contribution in [2.75, 3.05) is 10.6 Å². The van der Waals surface area contributed by atoms with Gasteiger partial charge in [0.05, 0.1) is 16.9 Å². The second-order valence-corrected chi connectivity index (χ2v) is 10.1. The van der Waals surface area contributed by atoms with Gasteiger partial charge in [-0.2, -0.15) is 4.98 Å². The van der Waals surface area contributed by atoms with Gasteiger partial charge in [0.2, 0.25) is 23.7 Å². The van der Waals surface area contributed by atoms with Crippen LogP contribution in [0, 0.1) is 17.6 Å². The first kappa shape index (κ1) is 25.5. The van der Waals surface area contributed by atoms with E-state index in [1.807, 2.05) is 0 Å². The number of nitrogens with two attached hydrogens (primary N) is 1. The van der Waals surface area contributed by atoms with Crippen molar-refractivity contribution >= 4 is 46.3 Å². The van der Waals surface area contributed by atoms with Crippen molar-refractivity contribution in [3.63, 3.8) is 0 Å². The van der Waals surface area contributed by atoms with Crippen molar-refractivity contribution in [1.82, 2.24) is 19.5 Å². The summed E-state index contributed by atoms with van der Waals surface area (Å²) in [4.78, 5) is 25.1. The monoisotopic (exact) mass is 539 g/mol. The minimum atomic E-state index is -2.65. The average Bonchev–Trinajstić information content (AvgIpc) is 3.23. The minimum Gasteiger partial charge on any atom is -0.369 e. The highest BCUT2D eigenvalue weighted by molar-refractivity contribution is 6.30. The number of benzene rings is 1. The summed E-state index contributed by atoms with van der Waals surface area (Å²) in [5, 5.41) is 5.65. The first-order valence-corrected chi connectivity index (χ1v) is 12.6. The van der Waals surface area contributed by atoms with Crippen molar-refractivity contribution < 1.29 is 22.4 Å². The Hall–Kier alpha value is -3.15. The molecule has 0 bridgehead atoms. The Morgan fingerprint density at radius 1 is 1.05 bits per heavy atom. The number of imidazole rings is 1. The van der Waals surface area contributed by atoms with Crippen LogP contribution in [0.5, 0.6) is 0 Å². The fourth-order valence-corrected chi connectivity index (χ4v) is 5.27. The molecule has 2 heterocycles. The Bertz CT molecular complexity index is 1320. The van der Waals surface area contributed by atoms with Crippen LogP contribution in [0.15, 0.2) is 18.3 Å². The fraction of sp³-hybridized carbons (Fsp3) is 0.500. The number of carbonyl (C=O) groups excluding carboxylic acids is 1. The number of alkyl halides is 2. The summed E-state index contributed by atoms with van der Waals surface area (Å²) in [6, 6.07) is 2.21. The normalized spacial score (nSPS) is 22.2. The molecule has 2 saturated carbocycles. The molecule has 0 radical (unpaired) electrons. The molecule has 1 aromatic carbocycles. The number of nitrogens with zero attached hydrogens (tertiary/aromatic N) is 4. The summed E-state index contributed by atoms with van der Waals surface area (Å²) in [5.74, 6) is -5.07. The molecule has 0 unspecified atom stereocenters. The predicted molar refractivity (Wildman–Crippen MR) is 131 cm³/mol. The van der Waals surface area contributed by atoms with Gasteiger partial charge in [-0.15, -0.1) is 0 Å². The van der Waals surface area contributed by atoms with Crippen molar-refractivity contribution in [1.29, 1.82) is 0 Å². The number of rotatable bonds is 6. The molecule has 0 saturated heterocycles. The van der Waals surface area contributed by atoms with E-state index in [0.29, 0.717) is 49.7 Å². The van der Waals surface area contributed by atoms with Crippen molar-refractivity contribution in [3.8, 4) is 0 Å². The lowest BCUT2D eigenvalue weighted by atomic mass is 9.85. The van der Waals surface area contributed by atoms with Crippen LogP contribution in [0.1, 0.15) is 57.4 Å². The van der Waals surface area contributed by atoms with E-state index >= 15 is 0 Å². The molecule has 4 N–H and O–H groups in total. The highest BCUT2D eigenvalue weighted by Crippen LogP contribution is 2.38. The van der Waals surface area contributed by atoms with E-state index in [-0.39, 0.29) is 59.4 Å². The van der Waals surface area contributed by atoms with E-state index < -0.39 is 17.6 Å². The maximum absolute atomic E-state index is 14.6. The Morgan fingerprint density at radius 3 is 2.43 bits per heavy atom. The van der Waals surface area contributed by atoms with Gasteiger partial charge < -0.3 is 16.4 Å². The van der Waals surface area contributed by atoms with Gasteiger partial charge in [-0.05, 0) is 50.7 Å². The van der Waals surface area contributed by atoms with Gasteiger partial charge in [-0.3, -0.25) is 9.36 Å². The van der Waals surface area contributed by atoms with E-state index in [9.17, 15) is 22.4 Å². The van der Waals surface area contributed by atoms with Crippen LogP contribution in [-0.4, -0.2) is 37.4 Å². The molecule has 0 spiro atoms. The van der Waals surface area contributed by atoms with E-state index in [2.05, 4.69) is 25.6 Å². The molecule has 198 valence electrons. The highest BCUT2D eigenvalue weighted by atomic mass is 35.5. The molecule has 0 atom stereocenters. The Labute approximate surface area is 215 Å². The zero-order valence-corrected chi connectivity index (χ0v) is 20.5. The lowest BCUT2D eigenvalue weighted by Crippen LogP contribution is -2.32. The summed E-state index contributed by atoms with van der Waals surface area (Å²) in [7, 11) is 0. The molecule has 0 aliphatic heterocycles. The molecule has 2 fully saturated rings. The second-order valence-electron chi connectivity index (χ2n) is 9.74. The van der Waals surface area contributed by atoms with Crippen LogP contribution in [0.2, 0.25) is 5.02 Å². The van der Waals surface area contributed by atoms with Gasteiger partial charge in [0.1, 0.15) is 5.52 Å². The fourth-order valence-electron chi connectivity index (χ4n) is 5.12. The lowest BCUT2D eigenvalue weighted by Gasteiger charge is -2.29. The number of aromatic nitrogens is 4. The minimum absolute atomic E-state index is 0.153. The lowest BCUT2D eigenvalue weighted by molar-refractivity contribution is -0.122. The average molecular weight is 540 g/mol. The second kappa shape index (κ2) is 9.96.